The van der Waals surface area contributed by atoms with E-state index in [1.807, 2.05) is 16.7 Å². The molecular weight excluding hydrogens is 418 g/mol. The van der Waals surface area contributed by atoms with Crippen molar-refractivity contribution < 1.29 is 23.0 Å². The fraction of sp³-hybridized carbons (Fsp3) is 0.391. The van der Waals surface area contributed by atoms with Crippen LogP contribution in [0.4, 0.5) is 8.78 Å². The van der Waals surface area contributed by atoms with E-state index in [0.717, 1.165) is 31.6 Å². The molecular formula is C23H24F2N4O3. The summed E-state index contributed by atoms with van der Waals surface area (Å²) < 4.78 is 38.4. The number of nitrogens with one attached hydrogen (secondary N) is 1. The number of imidazole rings is 1. The number of hydrogen-bond donors (Lipinski definition) is 1. The topological polar surface area (TPSA) is 68.1 Å². The lowest BCUT2D eigenvalue weighted by atomic mass is 9.93. The largest absolute Gasteiger partial charge is 0.496 e. The van der Waals surface area contributed by atoms with Gasteiger partial charge in [-0.1, -0.05) is 0 Å². The molecule has 1 amide bonds. The first kappa shape index (κ1) is 20.7. The van der Waals surface area contributed by atoms with E-state index in [1.54, 1.807) is 12.3 Å². The number of aromatic nitrogens is 2. The van der Waals surface area contributed by atoms with Crippen LogP contribution in [0.25, 0.3) is 16.9 Å². The summed E-state index contributed by atoms with van der Waals surface area (Å²) in [6.45, 7) is -1.05. The van der Waals surface area contributed by atoms with Crippen molar-refractivity contribution in [3.05, 3.63) is 47.8 Å². The van der Waals surface area contributed by atoms with Gasteiger partial charge in [-0.2, -0.15) is 8.78 Å². The summed E-state index contributed by atoms with van der Waals surface area (Å²) in [4.78, 5) is 19.5. The predicted octanol–water partition coefficient (Wildman–Crippen LogP) is 3.53. The van der Waals surface area contributed by atoms with Gasteiger partial charge < -0.3 is 19.7 Å². The second-order valence-corrected chi connectivity index (χ2v) is 8.43. The van der Waals surface area contributed by atoms with Crippen LogP contribution in [-0.2, 0) is 0 Å². The van der Waals surface area contributed by atoms with Crippen LogP contribution in [0.2, 0.25) is 0 Å². The fourth-order valence-electron chi connectivity index (χ4n) is 4.17. The van der Waals surface area contributed by atoms with E-state index in [9.17, 15) is 13.6 Å². The Kier molecular flexibility index (Phi) is 5.21. The highest BCUT2D eigenvalue weighted by Gasteiger charge is 2.29. The molecule has 32 heavy (non-hydrogen) atoms. The Bertz CT molecular complexity index is 1170. The van der Waals surface area contributed by atoms with Crippen molar-refractivity contribution in [1.82, 2.24) is 19.6 Å². The van der Waals surface area contributed by atoms with Crippen LogP contribution in [-0.4, -0.2) is 60.1 Å². The molecule has 0 spiro atoms. The number of fused-ring (bicyclic) bond motifs is 1. The highest BCUT2D eigenvalue weighted by atomic mass is 19.3. The van der Waals surface area contributed by atoms with E-state index in [4.69, 9.17) is 9.47 Å². The minimum Gasteiger partial charge on any atom is -0.496 e. The zero-order chi connectivity index (χ0) is 22.4. The summed E-state index contributed by atoms with van der Waals surface area (Å²) in [5.41, 5.74) is 3.19. The third-order valence-electron chi connectivity index (χ3n) is 6.01. The lowest BCUT2D eigenvalue weighted by molar-refractivity contribution is -0.0502. The van der Waals surface area contributed by atoms with Crippen molar-refractivity contribution >= 4 is 11.6 Å². The normalized spacial score (nSPS) is 16.9. The maximum atomic E-state index is 13.2. The Hall–Kier alpha value is -3.20. The standard InChI is InChI=1S/C23H24F2N4O3/c1-28-11-15(12-28)13-5-6-29-17(10-26-20(29)9-13)14-7-18(31-2)21(19(8-14)32-23(24)25)22(30)27-16-3-4-16/h5-10,15-16,23H,3-4,11-12H2,1-2H3,(H,27,30). The zero-order valence-corrected chi connectivity index (χ0v) is 17.8. The smallest absolute Gasteiger partial charge is 0.387 e. The second kappa shape index (κ2) is 8.05. The van der Waals surface area contributed by atoms with Gasteiger partial charge in [0.2, 0.25) is 0 Å². The number of ether oxygens (including phenoxy) is 2. The number of amides is 1. The van der Waals surface area contributed by atoms with Crippen LogP contribution in [0.1, 0.15) is 34.7 Å². The summed E-state index contributed by atoms with van der Waals surface area (Å²) >= 11 is 0. The molecule has 2 aliphatic rings. The van der Waals surface area contributed by atoms with Gasteiger partial charge in [0.05, 0.1) is 19.0 Å². The third-order valence-corrected chi connectivity index (χ3v) is 6.01. The number of hydrogen-bond acceptors (Lipinski definition) is 5. The molecule has 1 saturated carbocycles. The summed E-state index contributed by atoms with van der Waals surface area (Å²) in [6.07, 6.45) is 5.35. The minimum atomic E-state index is -3.08. The summed E-state index contributed by atoms with van der Waals surface area (Å²) in [6, 6.07) is 7.26. The monoisotopic (exact) mass is 442 g/mol. The first-order chi connectivity index (χ1) is 15.4. The third kappa shape index (κ3) is 3.88. The maximum absolute atomic E-state index is 13.2. The molecule has 0 atom stereocenters. The number of alkyl halides is 2. The Balaban J connectivity index is 1.55. The van der Waals surface area contributed by atoms with Crippen LogP contribution in [0.15, 0.2) is 36.7 Å². The number of likely N-dealkylation sites (tertiary alicyclic amines) is 1. The lowest BCUT2D eigenvalue weighted by Gasteiger charge is -2.36. The van der Waals surface area contributed by atoms with Gasteiger partial charge in [0.15, 0.2) is 0 Å². The molecule has 1 saturated heterocycles. The van der Waals surface area contributed by atoms with Gasteiger partial charge >= 0.3 is 6.61 Å². The molecule has 2 aromatic heterocycles. The van der Waals surface area contributed by atoms with Gasteiger partial charge in [-0.15, -0.1) is 0 Å². The first-order valence-electron chi connectivity index (χ1n) is 10.6. The molecule has 0 radical (unpaired) electrons. The van der Waals surface area contributed by atoms with Gasteiger partial charge in [-0.3, -0.25) is 9.20 Å². The van der Waals surface area contributed by atoms with Gasteiger partial charge in [0, 0.05) is 36.8 Å². The van der Waals surface area contributed by atoms with Gasteiger partial charge in [0.1, 0.15) is 22.7 Å². The number of likely N-dealkylation sites (N-methyl/N-ethyl adjacent to an activating group) is 1. The Morgan fingerprint density at radius 3 is 2.62 bits per heavy atom. The van der Waals surface area contributed by atoms with Crippen LogP contribution in [0.3, 0.4) is 0 Å². The molecule has 7 nitrogen and oxygen atoms in total. The molecule has 3 heterocycles. The van der Waals surface area contributed by atoms with E-state index in [-0.39, 0.29) is 23.1 Å². The summed E-state index contributed by atoms with van der Waals surface area (Å²) in [7, 11) is 3.49. The van der Waals surface area contributed by atoms with Crippen LogP contribution >= 0.6 is 0 Å². The van der Waals surface area contributed by atoms with Crippen LogP contribution in [0, 0.1) is 0 Å². The average molecular weight is 442 g/mol. The summed E-state index contributed by atoms with van der Waals surface area (Å²) in [5, 5.41) is 2.81. The van der Waals surface area contributed by atoms with Gasteiger partial charge in [-0.05, 0) is 49.7 Å². The SMILES string of the molecule is COc1cc(-c2cnc3cc(C4CN(C)C4)ccn23)cc(OC(F)F)c1C(=O)NC1CC1. The van der Waals surface area contributed by atoms with E-state index < -0.39 is 12.5 Å². The molecule has 2 fully saturated rings. The van der Waals surface area contributed by atoms with E-state index in [1.165, 1.54) is 18.7 Å². The lowest BCUT2D eigenvalue weighted by Crippen LogP contribution is -2.41. The number of carbonyl (C=O) groups excluding carboxylic acids is 1. The molecule has 0 bridgehead atoms. The average Bonchev–Trinajstić information content (AvgIpc) is 3.45. The number of carbonyl (C=O) groups is 1. The van der Waals surface area contributed by atoms with Crippen LogP contribution < -0.4 is 14.8 Å². The van der Waals surface area contributed by atoms with Crippen molar-refractivity contribution in [1.29, 1.82) is 0 Å². The van der Waals surface area contributed by atoms with Crippen molar-refractivity contribution in [3.8, 4) is 22.8 Å². The molecule has 3 aromatic rings. The predicted molar refractivity (Wildman–Crippen MR) is 115 cm³/mol. The van der Waals surface area contributed by atoms with Crippen LogP contribution in [0.5, 0.6) is 11.5 Å². The Labute approximate surface area is 183 Å². The number of methoxy groups -OCH3 is 1. The number of benzene rings is 1. The summed E-state index contributed by atoms with van der Waals surface area (Å²) in [5.74, 6) is -0.0581. The van der Waals surface area contributed by atoms with E-state index >= 15 is 0 Å². The maximum Gasteiger partial charge on any atom is 0.387 e. The number of nitrogens with zero attached hydrogens (tertiary/aromatic N) is 3. The van der Waals surface area contributed by atoms with E-state index in [0.29, 0.717) is 17.2 Å². The molecule has 1 aromatic carbocycles. The molecule has 9 heteroatoms. The highest BCUT2D eigenvalue weighted by molar-refractivity contribution is 6.01. The minimum absolute atomic E-state index is 0.0336. The van der Waals surface area contributed by atoms with E-state index in [2.05, 4.69) is 28.3 Å². The van der Waals surface area contributed by atoms with Gasteiger partial charge in [-0.25, -0.2) is 4.98 Å². The second-order valence-electron chi connectivity index (χ2n) is 8.43. The number of pyridine rings is 1. The molecule has 1 N–H and O–H groups in total. The van der Waals surface area contributed by atoms with Crippen molar-refractivity contribution in [2.75, 3.05) is 27.2 Å². The molecule has 1 aliphatic heterocycles. The van der Waals surface area contributed by atoms with Crippen molar-refractivity contribution in [3.63, 3.8) is 0 Å². The highest BCUT2D eigenvalue weighted by Crippen LogP contribution is 2.37. The Morgan fingerprint density at radius 1 is 1.22 bits per heavy atom. The zero-order valence-electron chi connectivity index (χ0n) is 17.8. The number of rotatable bonds is 7. The molecule has 1 aliphatic carbocycles. The quantitative estimate of drug-likeness (QED) is 0.606. The Morgan fingerprint density at radius 2 is 1.97 bits per heavy atom. The number of halogens is 2. The van der Waals surface area contributed by atoms with Gasteiger partial charge in [0.25, 0.3) is 5.91 Å². The fourth-order valence-corrected chi connectivity index (χ4v) is 4.17. The first-order valence-corrected chi connectivity index (χ1v) is 10.6. The molecule has 168 valence electrons. The molecule has 5 rings (SSSR count). The molecule has 0 unspecified atom stereocenters. The van der Waals surface area contributed by atoms with Crippen molar-refractivity contribution in [2.45, 2.75) is 31.4 Å². The van der Waals surface area contributed by atoms with Crippen molar-refractivity contribution in [2.24, 2.45) is 0 Å².